The summed E-state index contributed by atoms with van der Waals surface area (Å²) in [5.74, 6) is 0. The van der Waals surface area contributed by atoms with E-state index in [0.717, 1.165) is 16.8 Å². The molecule has 0 radical (unpaired) electrons. The molecule has 0 bridgehead atoms. The summed E-state index contributed by atoms with van der Waals surface area (Å²) >= 11 is 5.85. The second-order valence-electron chi connectivity index (χ2n) is 6.28. The minimum Gasteiger partial charge on any atom is -0.377 e. The zero-order valence-electron chi connectivity index (χ0n) is 14.9. The van der Waals surface area contributed by atoms with Crippen molar-refractivity contribution in [2.45, 2.75) is 17.9 Å². The molecule has 0 aliphatic carbocycles. The SMILES string of the molecule is Cc1cccc(NC(CNS(=O)(=O)c2ccc(Cl)cc2)c2ccccc2)c1. The van der Waals surface area contributed by atoms with E-state index in [-0.39, 0.29) is 17.5 Å². The molecule has 27 heavy (non-hydrogen) atoms. The number of anilines is 1. The molecule has 0 aliphatic rings. The molecule has 0 heterocycles. The van der Waals surface area contributed by atoms with Crippen LogP contribution in [-0.4, -0.2) is 15.0 Å². The van der Waals surface area contributed by atoms with Crippen molar-refractivity contribution in [2.75, 3.05) is 11.9 Å². The van der Waals surface area contributed by atoms with E-state index >= 15 is 0 Å². The molecule has 2 N–H and O–H groups in total. The Morgan fingerprint density at radius 1 is 0.926 bits per heavy atom. The maximum atomic E-state index is 12.6. The fraction of sp³-hybridized carbons (Fsp3) is 0.143. The van der Waals surface area contributed by atoms with Gasteiger partial charge in [0.15, 0.2) is 0 Å². The lowest BCUT2D eigenvalue weighted by atomic mass is 10.1. The van der Waals surface area contributed by atoms with Crippen LogP contribution < -0.4 is 10.0 Å². The molecule has 6 heteroatoms. The van der Waals surface area contributed by atoms with Crippen molar-refractivity contribution in [3.63, 3.8) is 0 Å². The first kappa shape index (κ1) is 19.4. The lowest BCUT2D eigenvalue weighted by Crippen LogP contribution is -2.31. The van der Waals surface area contributed by atoms with Crippen LogP contribution in [0.2, 0.25) is 5.02 Å². The molecule has 3 aromatic rings. The van der Waals surface area contributed by atoms with E-state index in [4.69, 9.17) is 11.6 Å². The third kappa shape index (κ3) is 5.32. The van der Waals surface area contributed by atoms with Crippen LogP contribution in [0.4, 0.5) is 5.69 Å². The third-order valence-corrected chi connectivity index (χ3v) is 5.85. The monoisotopic (exact) mass is 400 g/mol. The summed E-state index contributed by atoms with van der Waals surface area (Å²) in [5, 5.41) is 3.92. The van der Waals surface area contributed by atoms with Crippen LogP contribution in [0, 0.1) is 6.92 Å². The Kier molecular flexibility index (Phi) is 6.16. The normalized spacial score (nSPS) is 12.5. The first-order valence-electron chi connectivity index (χ1n) is 8.57. The van der Waals surface area contributed by atoms with Crippen molar-refractivity contribution >= 4 is 27.3 Å². The largest absolute Gasteiger partial charge is 0.377 e. The molecule has 0 amide bonds. The third-order valence-electron chi connectivity index (χ3n) is 4.16. The van der Waals surface area contributed by atoms with Crippen LogP contribution in [0.5, 0.6) is 0 Å². The number of sulfonamides is 1. The van der Waals surface area contributed by atoms with Gasteiger partial charge in [-0.25, -0.2) is 13.1 Å². The van der Waals surface area contributed by atoms with E-state index < -0.39 is 10.0 Å². The van der Waals surface area contributed by atoms with E-state index in [2.05, 4.69) is 10.0 Å². The first-order chi connectivity index (χ1) is 12.9. The average molecular weight is 401 g/mol. The van der Waals surface area contributed by atoms with E-state index in [1.165, 1.54) is 12.1 Å². The molecule has 0 saturated carbocycles. The van der Waals surface area contributed by atoms with Gasteiger partial charge in [0, 0.05) is 17.3 Å². The van der Waals surface area contributed by atoms with E-state index in [1.54, 1.807) is 12.1 Å². The van der Waals surface area contributed by atoms with Gasteiger partial charge >= 0.3 is 0 Å². The van der Waals surface area contributed by atoms with Gasteiger partial charge in [-0.2, -0.15) is 0 Å². The second kappa shape index (κ2) is 8.57. The van der Waals surface area contributed by atoms with Crippen molar-refractivity contribution in [3.05, 3.63) is 95.0 Å². The summed E-state index contributed by atoms with van der Waals surface area (Å²) in [4.78, 5) is 0.189. The zero-order valence-corrected chi connectivity index (χ0v) is 16.5. The lowest BCUT2D eigenvalue weighted by Gasteiger charge is -2.21. The Morgan fingerprint density at radius 2 is 1.63 bits per heavy atom. The molecule has 0 saturated heterocycles. The Bertz CT molecular complexity index is 990. The van der Waals surface area contributed by atoms with E-state index in [0.29, 0.717) is 5.02 Å². The smallest absolute Gasteiger partial charge is 0.240 e. The summed E-state index contributed by atoms with van der Waals surface area (Å²) in [6.07, 6.45) is 0. The fourth-order valence-corrected chi connectivity index (χ4v) is 3.94. The van der Waals surface area contributed by atoms with Crippen LogP contribution in [0.3, 0.4) is 0 Å². The zero-order chi connectivity index (χ0) is 19.3. The fourth-order valence-electron chi connectivity index (χ4n) is 2.76. The number of halogens is 1. The quantitative estimate of drug-likeness (QED) is 0.600. The Morgan fingerprint density at radius 3 is 2.30 bits per heavy atom. The summed E-state index contributed by atoms with van der Waals surface area (Å²) in [6, 6.07) is 23.7. The highest BCUT2D eigenvalue weighted by Crippen LogP contribution is 2.21. The Labute approximate surface area is 165 Å². The number of nitrogens with one attached hydrogen (secondary N) is 2. The first-order valence-corrected chi connectivity index (χ1v) is 10.4. The van der Waals surface area contributed by atoms with Crippen LogP contribution in [-0.2, 0) is 10.0 Å². The van der Waals surface area contributed by atoms with Crippen molar-refractivity contribution < 1.29 is 8.42 Å². The Hall–Kier alpha value is -2.34. The molecule has 0 aromatic heterocycles. The number of hydrogen-bond acceptors (Lipinski definition) is 3. The van der Waals surface area contributed by atoms with Gasteiger partial charge in [0.25, 0.3) is 0 Å². The molecule has 3 rings (SSSR count). The minimum absolute atomic E-state index is 0.189. The maximum absolute atomic E-state index is 12.6. The van der Waals surface area contributed by atoms with Gasteiger partial charge in [0.1, 0.15) is 0 Å². The van der Waals surface area contributed by atoms with Crippen molar-refractivity contribution in [2.24, 2.45) is 0 Å². The van der Waals surface area contributed by atoms with Crippen LogP contribution in [0.1, 0.15) is 17.2 Å². The van der Waals surface area contributed by atoms with Gasteiger partial charge in [-0.1, -0.05) is 54.1 Å². The van der Waals surface area contributed by atoms with Gasteiger partial charge in [-0.15, -0.1) is 0 Å². The summed E-state index contributed by atoms with van der Waals surface area (Å²) < 4.78 is 27.9. The molecule has 0 spiro atoms. The number of hydrogen-bond donors (Lipinski definition) is 2. The molecular weight excluding hydrogens is 380 g/mol. The van der Waals surface area contributed by atoms with Crippen LogP contribution in [0.15, 0.2) is 83.8 Å². The molecule has 3 aromatic carbocycles. The van der Waals surface area contributed by atoms with E-state index in [9.17, 15) is 8.42 Å². The maximum Gasteiger partial charge on any atom is 0.240 e. The second-order valence-corrected chi connectivity index (χ2v) is 8.49. The molecule has 1 atom stereocenters. The highest BCUT2D eigenvalue weighted by atomic mass is 35.5. The van der Waals surface area contributed by atoms with E-state index in [1.807, 2.05) is 61.5 Å². The number of aryl methyl sites for hydroxylation is 1. The summed E-state index contributed by atoms with van der Waals surface area (Å²) in [5.41, 5.74) is 3.07. The topological polar surface area (TPSA) is 58.2 Å². The summed E-state index contributed by atoms with van der Waals surface area (Å²) in [7, 11) is -3.63. The summed E-state index contributed by atoms with van der Waals surface area (Å²) in [6.45, 7) is 2.23. The highest BCUT2D eigenvalue weighted by Gasteiger charge is 2.18. The molecule has 0 aliphatic heterocycles. The molecule has 140 valence electrons. The number of rotatable bonds is 7. The van der Waals surface area contributed by atoms with Crippen molar-refractivity contribution in [3.8, 4) is 0 Å². The predicted molar refractivity (Wildman–Crippen MR) is 111 cm³/mol. The molecular formula is C21H21ClN2O2S. The van der Waals surface area contributed by atoms with Gasteiger partial charge in [0.05, 0.1) is 10.9 Å². The minimum atomic E-state index is -3.63. The van der Waals surface area contributed by atoms with Crippen LogP contribution in [0.25, 0.3) is 0 Å². The average Bonchev–Trinajstić information content (AvgIpc) is 2.66. The number of benzene rings is 3. The van der Waals surface area contributed by atoms with Gasteiger partial charge in [-0.05, 0) is 54.4 Å². The van der Waals surface area contributed by atoms with Crippen molar-refractivity contribution in [1.29, 1.82) is 0 Å². The lowest BCUT2D eigenvalue weighted by molar-refractivity contribution is 0.576. The van der Waals surface area contributed by atoms with Crippen molar-refractivity contribution in [1.82, 2.24) is 4.72 Å². The van der Waals surface area contributed by atoms with Gasteiger partial charge in [0.2, 0.25) is 10.0 Å². The molecule has 4 nitrogen and oxygen atoms in total. The molecule has 0 fully saturated rings. The standard InChI is InChI=1S/C21H21ClN2O2S/c1-16-6-5-9-19(14-16)24-21(17-7-3-2-4-8-17)15-23-27(25,26)20-12-10-18(22)11-13-20/h2-14,21,23-24H,15H2,1H3. The van der Waals surface area contributed by atoms with Gasteiger partial charge < -0.3 is 5.32 Å². The van der Waals surface area contributed by atoms with Gasteiger partial charge in [-0.3, -0.25) is 0 Å². The Balaban J connectivity index is 1.80. The van der Waals surface area contributed by atoms with Crippen LogP contribution >= 0.6 is 11.6 Å². The molecule has 1 unspecified atom stereocenters. The predicted octanol–water partition coefficient (Wildman–Crippen LogP) is 4.78. The highest BCUT2D eigenvalue weighted by molar-refractivity contribution is 7.89.